The third-order valence-corrected chi connectivity index (χ3v) is 3.44. The zero-order valence-corrected chi connectivity index (χ0v) is 8.56. The monoisotopic (exact) mass is 218 g/mol. The molecule has 11 heavy (non-hydrogen) atoms. The lowest BCUT2D eigenvalue weighted by Gasteiger charge is -2.25. The van der Waals surface area contributed by atoms with Crippen molar-refractivity contribution in [2.24, 2.45) is 11.8 Å². The molecule has 0 amide bonds. The average Bonchev–Trinajstić information content (AvgIpc) is 2.05. The Bertz CT molecular complexity index is 138. The second kappa shape index (κ2) is 4.24. The number of hydrogen-bond acceptors (Lipinski definition) is 1. The van der Waals surface area contributed by atoms with Crippen molar-refractivity contribution in [1.82, 2.24) is 0 Å². The van der Waals surface area contributed by atoms with Gasteiger partial charge in [-0.1, -0.05) is 26.2 Å². The number of hydrogen-bond donors (Lipinski definition) is 0. The summed E-state index contributed by atoms with van der Waals surface area (Å²) in [6.45, 7) is 2.03. The summed E-state index contributed by atoms with van der Waals surface area (Å²) < 4.78 is 0.185. The first-order chi connectivity index (χ1) is 5.22. The lowest BCUT2D eigenvalue weighted by molar-refractivity contribution is -0.115. The van der Waals surface area contributed by atoms with Crippen molar-refractivity contribution in [1.29, 1.82) is 0 Å². The highest BCUT2D eigenvalue weighted by molar-refractivity contribution is 9.18. The van der Waals surface area contributed by atoms with Crippen LogP contribution in [-0.4, -0.2) is 4.69 Å². The molecule has 1 saturated carbocycles. The third kappa shape index (κ3) is 2.58. The van der Waals surface area contributed by atoms with Crippen LogP contribution in [-0.2, 0) is 4.79 Å². The molecule has 0 aromatic heterocycles. The highest BCUT2D eigenvalue weighted by Gasteiger charge is 2.23. The van der Waals surface area contributed by atoms with Crippen molar-refractivity contribution < 1.29 is 4.79 Å². The van der Waals surface area contributed by atoms with E-state index in [0.29, 0.717) is 5.92 Å². The average molecular weight is 219 g/mol. The SMILES string of the molecule is CC(C(=O)Br)C1CCCCC1. The van der Waals surface area contributed by atoms with Gasteiger partial charge >= 0.3 is 0 Å². The summed E-state index contributed by atoms with van der Waals surface area (Å²) in [5, 5.41) is 0. The van der Waals surface area contributed by atoms with Crippen LogP contribution in [0.1, 0.15) is 39.0 Å². The lowest BCUT2D eigenvalue weighted by Crippen LogP contribution is -2.19. The van der Waals surface area contributed by atoms with Gasteiger partial charge in [-0.3, -0.25) is 4.79 Å². The van der Waals surface area contributed by atoms with Crippen LogP contribution in [0.25, 0.3) is 0 Å². The fraction of sp³-hybridized carbons (Fsp3) is 0.889. The van der Waals surface area contributed by atoms with Gasteiger partial charge in [0.2, 0.25) is 4.69 Å². The Morgan fingerprint density at radius 3 is 2.36 bits per heavy atom. The first-order valence-electron chi connectivity index (χ1n) is 4.41. The summed E-state index contributed by atoms with van der Waals surface area (Å²) in [6, 6.07) is 0. The Morgan fingerprint density at radius 1 is 1.36 bits per heavy atom. The van der Waals surface area contributed by atoms with Crippen molar-refractivity contribution in [3.63, 3.8) is 0 Å². The normalized spacial score (nSPS) is 23.1. The van der Waals surface area contributed by atoms with Gasteiger partial charge in [-0.05, 0) is 34.7 Å². The minimum Gasteiger partial charge on any atom is -0.286 e. The van der Waals surface area contributed by atoms with Gasteiger partial charge in [-0.15, -0.1) is 0 Å². The molecule has 0 bridgehead atoms. The van der Waals surface area contributed by atoms with Gasteiger partial charge in [0.05, 0.1) is 0 Å². The molecular weight excluding hydrogens is 204 g/mol. The van der Waals surface area contributed by atoms with E-state index in [4.69, 9.17) is 0 Å². The molecule has 1 nitrogen and oxygen atoms in total. The third-order valence-electron chi connectivity index (χ3n) is 2.71. The Hall–Kier alpha value is 0.150. The fourth-order valence-electron chi connectivity index (χ4n) is 1.82. The Kier molecular flexibility index (Phi) is 3.57. The summed E-state index contributed by atoms with van der Waals surface area (Å²) in [5.41, 5.74) is 0. The van der Waals surface area contributed by atoms with Crippen molar-refractivity contribution in [2.75, 3.05) is 0 Å². The zero-order chi connectivity index (χ0) is 8.27. The van der Waals surface area contributed by atoms with E-state index in [1.165, 1.54) is 32.1 Å². The quantitative estimate of drug-likeness (QED) is 0.652. The first-order valence-corrected chi connectivity index (χ1v) is 5.20. The fourth-order valence-corrected chi connectivity index (χ4v) is 2.19. The maximum atomic E-state index is 11.0. The van der Waals surface area contributed by atoms with Crippen molar-refractivity contribution in [2.45, 2.75) is 39.0 Å². The van der Waals surface area contributed by atoms with E-state index >= 15 is 0 Å². The Balaban J connectivity index is 2.38. The van der Waals surface area contributed by atoms with Crippen molar-refractivity contribution in [3.8, 4) is 0 Å². The van der Waals surface area contributed by atoms with E-state index in [-0.39, 0.29) is 10.6 Å². The van der Waals surface area contributed by atoms with Gasteiger partial charge in [-0.2, -0.15) is 0 Å². The zero-order valence-electron chi connectivity index (χ0n) is 6.98. The summed E-state index contributed by atoms with van der Waals surface area (Å²) in [6.07, 6.45) is 6.49. The van der Waals surface area contributed by atoms with E-state index < -0.39 is 0 Å². The van der Waals surface area contributed by atoms with Crippen molar-refractivity contribution >= 4 is 20.6 Å². The molecule has 64 valence electrons. The maximum absolute atomic E-state index is 11.0. The predicted octanol–water partition coefficient (Wildman–Crippen LogP) is 3.12. The summed E-state index contributed by atoms with van der Waals surface area (Å²) in [5.74, 6) is 0.880. The van der Waals surface area contributed by atoms with E-state index in [0.717, 1.165) is 0 Å². The largest absolute Gasteiger partial charge is 0.286 e. The summed E-state index contributed by atoms with van der Waals surface area (Å²) in [7, 11) is 0. The molecule has 0 spiro atoms. The second-order valence-corrected chi connectivity index (χ2v) is 4.27. The van der Waals surface area contributed by atoms with Gasteiger partial charge in [0.1, 0.15) is 0 Å². The standard InChI is InChI=1S/C9H15BrO/c1-7(9(10)11)8-5-3-2-4-6-8/h7-8H,2-6H2,1H3. The highest BCUT2D eigenvalue weighted by Crippen LogP contribution is 2.31. The molecule has 1 unspecified atom stereocenters. The van der Waals surface area contributed by atoms with Crippen LogP contribution in [0.5, 0.6) is 0 Å². The molecule has 2 heteroatoms. The number of halogens is 1. The van der Waals surface area contributed by atoms with E-state index in [1.54, 1.807) is 0 Å². The topological polar surface area (TPSA) is 17.1 Å². The first kappa shape index (κ1) is 9.24. The highest BCUT2D eigenvalue weighted by atomic mass is 79.9. The smallest absolute Gasteiger partial charge is 0.200 e. The van der Waals surface area contributed by atoms with Crippen LogP contribution in [0.15, 0.2) is 0 Å². The number of rotatable bonds is 2. The minimum absolute atomic E-state index is 0.185. The van der Waals surface area contributed by atoms with Crippen LogP contribution >= 0.6 is 15.9 Å². The van der Waals surface area contributed by atoms with Gasteiger partial charge in [0.15, 0.2) is 0 Å². The van der Waals surface area contributed by atoms with Crippen LogP contribution in [0, 0.1) is 11.8 Å². The molecule has 1 fully saturated rings. The lowest BCUT2D eigenvalue weighted by atomic mass is 9.81. The van der Waals surface area contributed by atoms with E-state index in [2.05, 4.69) is 15.9 Å². The van der Waals surface area contributed by atoms with Gasteiger partial charge in [0.25, 0.3) is 0 Å². The van der Waals surface area contributed by atoms with Crippen LogP contribution in [0.3, 0.4) is 0 Å². The molecule has 0 aromatic carbocycles. The maximum Gasteiger partial charge on any atom is 0.200 e. The molecule has 0 aromatic rings. The van der Waals surface area contributed by atoms with Crippen LogP contribution in [0.4, 0.5) is 0 Å². The molecule has 1 rings (SSSR count). The van der Waals surface area contributed by atoms with Gasteiger partial charge in [0, 0.05) is 5.92 Å². The molecule has 0 radical (unpaired) electrons. The molecule has 0 N–H and O–H groups in total. The van der Waals surface area contributed by atoms with Crippen molar-refractivity contribution in [3.05, 3.63) is 0 Å². The van der Waals surface area contributed by atoms with Gasteiger partial charge < -0.3 is 0 Å². The van der Waals surface area contributed by atoms with E-state index in [9.17, 15) is 4.79 Å². The molecule has 0 saturated heterocycles. The molecule has 0 heterocycles. The van der Waals surface area contributed by atoms with Crippen LogP contribution < -0.4 is 0 Å². The molecule has 1 aliphatic rings. The molecule has 0 aliphatic heterocycles. The molecule has 1 atom stereocenters. The number of carbonyl (C=O) groups excluding carboxylic acids is 1. The second-order valence-electron chi connectivity index (χ2n) is 3.49. The molecular formula is C9H15BrO. The number of carbonyl (C=O) groups is 1. The van der Waals surface area contributed by atoms with E-state index in [1.807, 2.05) is 6.92 Å². The Morgan fingerprint density at radius 2 is 1.91 bits per heavy atom. The molecule has 1 aliphatic carbocycles. The Labute approximate surface area is 76.7 Å². The summed E-state index contributed by atoms with van der Waals surface area (Å²) in [4.78, 5) is 11.0. The predicted molar refractivity (Wildman–Crippen MR) is 49.7 cm³/mol. The van der Waals surface area contributed by atoms with Gasteiger partial charge in [-0.25, -0.2) is 0 Å². The van der Waals surface area contributed by atoms with Crippen LogP contribution in [0.2, 0.25) is 0 Å². The summed E-state index contributed by atoms with van der Waals surface area (Å²) >= 11 is 3.04. The minimum atomic E-state index is 0.185.